The van der Waals surface area contributed by atoms with Gasteiger partial charge in [0.1, 0.15) is 12.3 Å². The summed E-state index contributed by atoms with van der Waals surface area (Å²) in [5.74, 6) is -0.680. The molecule has 2 rings (SSSR count). The van der Waals surface area contributed by atoms with Gasteiger partial charge in [-0.05, 0) is 12.1 Å². The molecule has 18 heavy (non-hydrogen) atoms. The molecule has 0 bridgehead atoms. The molecule has 0 aliphatic carbocycles. The zero-order valence-corrected chi connectivity index (χ0v) is 9.92. The number of hydrogen-bond acceptors (Lipinski definition) is 4. The summed E-state index contributed by atoms with van der Waals surface area (Å²) < 4.78 is 5.55. The Morgan fingerprint density at radius 1 is 1.50 bits per heavy atom. The third kappa shape index (κ3) is 2.37. The first-order chi connectivity index (χ1) is 8.61. The molecule has 0 fully saturated rings. The number of hydrogen-bond donors (Lipinski definition) is 2. The number of para-hydroxylation sites is 2. The predicted octanol–water partition coefficient (Wildman–Crippen LogP) is 0.0846. The van der Waals surface area contributed by atoms with Gasteiger partial charge in [0.15, 0.2) is 6.10 Å². The molecule has 1 amide bonds. The number of carboxylic acid groups (broad SMARTS) is 1. The first-order valence-corrected chi connectivity index (χ1v) is 5.56. The lowest BCUT2D eigenvalue weighted by Crippen LogP contribution is -2.49. The largest absolute Gasteiger partial charge is 0.480 e. The Kier molecular flexibility index (Phi) is 3.36. The number of nitrogens with zero attached hydrogens (tertiary/aromatic N) is 1. The monoisotopic (exact) mass is 250 g/mol. The maximum atomic E-state index is 11.6. The number of rotatable bonds is 3. The standard InChI is InChI=1S/C12H14N2O4/c1-13-12(17)10-6-14(7-11(15)16)8-4-2-3-5-9(8)18-10/h2-5,10H,6-7H2,1H3,(H,13,17)(H,15,16). The fourth-order valence-corrected chi connectivity index (χ4v) is 1.92. The summed E-state index contributed by atoms with van der Waals surface area (Å²) in [7, 11) is 1.52. The van der Waals surface area contributed by atoms with Crippen molar-refractivity contribution in [1.82, 2.24) is 5.32 Å². The molecular formula is C12H14N2O4. The molecule has 6 heteroatoms. The van der Waals surface area contributed by atoms with Gasteiger partial charge in [0.2, 0.25) is 0 Å². The van der Waals surface area contributed by atoms with E-state index in [1.165, 1.54) is 7.05 Å². The summed E-state index contributed by atoms with van der Waals surface area (Å²) in [6, 6.07) is 7.08. The van der Waals surface area contributed by atoms with Crippen LogP contribution in [0.4, 0.5) is 5.69 Å². The van der Waals surface area contributed by atoms with E-state index in [9.17, 15) is 9.59 Å². The van der Waals surface area contributed by atoms with Crippen LogP contribution in [0.25, 0.3) is 0 Å². The normalized spacial score (nSPS) is 17.6. The Morgan fingerprint density at radius 3 is 2.89 bits per heavy atom. The van der Waals surface area contributed by atoms with Gasteiger partial charge >= 0.3 is 5.97 Å². The average Bonchev–Trinajstić information content (AvgIpc) is 2.37. The van der Waals surface area contributed by atoms with E-state index in [4.69, 9.17) is 9.84 Å². The van der Waals surface area contributed by atoms with Crippen molar-refractivity contribution in [3.63, 3.8) is 0 Å². The Morgan fingerprint density at radius 2 is 2.22 bits per heavy atom. The first-order valence-electron chi connectivity index (χ1n) is 5.56. The van der Waals surface area contributed by atoms with Crippen LogP contribution in [0.5, 0.6) is 5.75 Å². The van der Waals surface area contributed by atoms with Crippen molar-refractivity contribution in [2.45, 2.75) is 6.10 Å². The van der Waals surface area contributed by atoms with Crippen LogP contribution in [0.15, 0.2) is 24.3 Å². The van der Waals surface area contributed by atoms with E-state index in [2.05, 4.69) is 5.32 Å². The zero-order valence-electron chi connectivity index (χ0n) is 9.92. The first kappa shape index (κ1) is 12.2. The van der Waals surface area contributed by atoms with Crippen molar-refractivity contribution in [2.75, 3.05) is 25.0 Å². The molecule has 1 aliphatic heterocycles. The van der Waals surface area contributed by atoms with Gasteiger partial charge in [-0.1, -0.05) is 12.1 Å². The highest BCUT2D eigenvalue weighted by Gasteiger charge is 2.30. The minimum atomic E-state index is -0.942. The molecule has 0 aromatic heterocycles. The molecule has 0 saturated carbocycles. The Labute approximate surface area is 104 Å². The lowest BCUT2D eigenvalue weighted by Gasteiger charge is -2.34. The highest BCUT2D eigenvalue weighted by Crippen LogP contribution is 2.32. The van der Waals surface area contributed by atoms with Crippen molar-refractivity contribution in [3.05, 3.63) is 24.3 Å². The van der Waals surface area contributed by atoms with Crippen LogP contribution in [-0.4, -0.2) is 43.2 Å². The lowest BCUT2D eigenvalue weighted by atomic mass is 10.2. The van der Waals surface area contributed by atoms with Crippen molar-refractivity contribution in [3.8, 4) is 5.75 Å². The SMILES string of the molecule is CNC(=O)C1CN(CC(=O)O)c2ccccc2O1. The van der Waals surface area contributed by atoms with Crippen molar-refractivity contribution in [2.24, 2.45) is 0 Å². The second-order valence-corrected chi connectivity index (χ2v) is 3.96. The Bertz CT molecular complexity index is 475. The fourth-order valence-electron chi connectivity index (χ4n) is 1.92. The maximum absolute atomic E-state index is 11.6. The number of nitrogens with one attached hydrogen (secondary N) is 1. The van der Waals surface area contributed by atoms with Gasteiger partial charge in [-0.2, -0.15) is 0 Å². The molecular weight excluding hydrogens is 236 g/mol. The smallest absolute Gasteiger partial charge is 0.323 e. The molecule has 0 spiro atoms. The molecule has 1 aliphatic rings. The number of carbonyl (C=O) groups excluding carboxylic acids is 1. The zero-order chi connectivity index (χ0) is 13.1. The minimum Gasteiger partial charge on any atom is -0.480 e. The number of fused-ring (bicyclic) bond motifs is 1. The number of carbonyl (C=O) groups is 2. The van der Waals surface area contributed by atoms with Crippen LogP contribution in [0.3, 0.4) is 0 Å². The van der Waals surface area contributed by atoms with Crippen molar-refractivity contribution < 1.29 is 19.4 Å². The Balaban J connectivity index is 2.29. The minimum absolute atomic E-state index is 0.159. The number of ether oxygens (including phenoxy) is 1. The summed E-state index contributed by atoms with van der Waals surface area (Å²) in [5, 5.41) is 11.4. The molecule has 1 atom stereocenters. The van der Waals surface area contributed by atoms with E-state index in [0.29, 0.717) is 11.4 Å². The highest BCUT2D eigenvalue weighted by atomic mass is 16.5. The second-order valence-electron chi connectivity index (χ2n) is 3.96. The van der Waals surface area contributed by atoms with E-state index in [1.807, 2.05) is 0 Å². The molecule has 1 unspecified atom stereocenters. The molecule has 1 heterocycles. The molecule has 0 saturated heterocycles. The van der Waals surface area contributed by atoms with Gasteiger partial charge in [0.05, 0.1) is 12.2 Å². The van der Waals surface area contributed by atoms with Gasteiger partial charge in [0, 0.05) is 7.05 Å². The van der Waals surface area contributed by atoms with Crippen LogP contribution in [0.1, 0.15) is 0 Å². The van der Waals surface area contributed by atoms with E-state index in [1.54, 1.807) is 29.2 Å². The Hall–Kier alpha value is -2.24. The molecule has 2 N–H and O–H groups in total. The summed E-state index contributed by atoms with van der Waals surface area (Å²) in [6.07, 6.45) is -0.691. The number of likely N-dealkylation sites (N-methyl/N-ethyl adjacent to an activating group) is 1. The molecule has 1 aromatic rings. The van der Waals surface area contributed by atoms with Gasteiger partial charge in [-0.3, -0.25) is 9.59 Å². The molecule has 6 nitrogen and oxygen atoms in total. The number of aliphatic carboxylic acids is 1. The fraction of sp³-hybridized carbons (Fsp3) is 0.333. The third-order valence-electron chi connectivity index (χ3n) is 2.73. The van der Waals surface area contributed by atoms with Gasteiger partial charge in [-0.25, -0.2) is 0 Å². The van der Waals surface area contributed by atoms with Crippen LogP contribution >= 0.6 is 0 Å². The van der Waals surface area contributed by atoms with Gasteiger partial charge < -0.3 is 20.1 Å². The number of carboxylic acids is 1. The summed E-state index contributed by atoms with van der Waals surface area (Å²) in [4.78, 5) is 24.1. The van der Waals surface area contributed by atoms with Crippen molar-refractivity contribution >= 4 is 17.6 Å². The number of anilines is 1. The second kappa shape index (κ2) is 4.95. The summed E-state index contributed by atoms with van der Waals surface area (Å²) in [6.45, 7) is 0.0663. The van der Waals surface area contributed by atoms with Gasteiger partial charge in [-0.15, -0.1) is 0 Å². The number of amides is 1. The van der Waals surface area contributed by atoms with E-state index < -0.39 is 12.1 Å². The van der Waals surface area contributed by atoms with E-state index >= 15 is 0 Å². The van der Waals surface area contributed by atoms with Crippen LogP contribution in [0, 0.1) is 0 Å². The third-order valence-corrected chi connectivity index (χ3v) is 2.73. The molecule has 1 aromatic carbocycles. The average molecular weight is 250 g/mol. The predicted molar refractivity (Wildman–Crippen MR) is 64.8 cm³/mol. The van der Waals surface area contributed by atoms with E-state index in [-0.39, 0.29) is 19.0 Å². The van der Waals surface area contributed by atoms with Crippen LogP contribution in [-0.2, 0) is 9.59 Å². The van der Waals surface area contributed by atoms with Crippen molar-refractivity contribution in [1.29, 1.82) is 0 Å². The van der Waals surface area contributed by atoms with E-state index in [0.717, 1.165) is 0 Å². The highest BCUT2D eigenvalue weighted by molar-refractivity contribution is 5.84. The van der Waals surface area contributed by atoms with Crippen LogP contribution < -0.4 is 15.0 Å². The quantitative estimate of drug-likeness (QED) is 0.794. The molecule has 0 radical (unpaired) electrons. The summed E-state index contributed by atoms with van der Waals surface area (Å²) in [5.41, 5.74) is 0.694. The molecule has 96 valence electrons. The topological polar surface area (TPSA) is 78.9 Å². The lowest BCUT2D eigenvalue weighted by molar-refractivity contribution is -0.136. The summed E-state index contributed by atoms with van der Waals surface area (Å²) >= 11 is 0. The maximum Gasteiger partial charge on any atom is 0.323 e. The van der Waals surface area contributed by atoms with Crippen LogP contribution in [0.2, 0.25) is 0 Å². The van der Waals surface area contributed by atoms with Gasteiger partial charge in [0.25, 0.3) is 5.91 Å². The number of benzene rings is 1.